The van der Waals surface area contributed by atoms with Gasteiger partial charge in [-0.3, -0.25) is 4.79 Å². The number of carbonyl (C=O) groups excluding carboxylic acids is 2. The van der Waals surface area contributed by atoms with Crippen molar-refractivity contribution in [1.29, 1.82) is 0 Å². The molecule has 32 heavy (non-hydrogen) atoms. The van der Waals surface area contributed by atoms with Crippen molar-refractivity contribution in [1.82, 2.24) is 15.1 Å². The number of nitrogens with zero attached hydrogens (tertiary/aromatic N) is 3. The summed E-state index contributed by atoms with van der Waals surface area (Å²) < 4.78 is 0. The van der Waals surface area contributed by atoms with Crippen molar-refractivity contribution in [3.05, 3.63) is 66.2 Å². The lowest BCUT2D eigenvalue weighted by Crippen LogP contribution is -2.59. The van der Waals surface area contributed by atoms with Crippen LogP contribution in [0.25, 0.3) is 0 Å². The summed E-state index contributed by atoms with van der Waals surface area (Å²) in [5.74, 6) is 0.739. The summed E-state index contributed by atoms with van der Waals surface area (Å²) in [5.41, 5.74) is 1.91. The van der Waals surface area contributed by atoms with Crippen molar-refractivity contribution in [2.75, 3.05) is 37.7 Å². The summed E-state index contributed by atoms with van der Waals surface area (Å²) in [7, 11) is 0. The van der Waals surface area contributed by atoms with Gasteiger partial charge in [-0.25, -0.2) is 4.79 Å². The van der Waals surface area contributed by atoms with Gasteiger partial charge in [-0.15, -0.1) is 0 Å². The number of likely N-dealkylation sites (tertiary alicyclic amines) is 2. The first-order valence-corrected chi connectivity index (χ1v) is 11.8. The Morgan fingerprint density at radius 1 is 0.875 bits per heavy atom. The minimum absolute atomic E-state index is 0.0928. The largest absolute Gasteiger partial charge is 0.339 e. The molecule has 5 rings (SSSR count). The molecule has 3 heterocycles. The maximum absolute atomic E-state index is 13.2. The van der Waals surface area contributed by atoms with E-state index >= 15 is 0 Å². The van der Waals surface area contributed by atoms with Gasteiger partial charge in [0.05, 0.1) is 6.67 Å². The molecule has 1 N–H and O–H groups in total. The third kappa shape index (κ3) is 3.94. The molecule has 3 fully saturated rings. The highest BCUT2D eigenvalue weighted by Crippen LogP contribution is 2.36. The van der Waals surface area contributed by atoms with Crippen LogP contribution in [0.4, 0.5) is 10.5 Å². The molecular formula is C26H32N4O2. The van der Waals surface area contributed by atoms with E-state index in [2.05, 4.69) is 52.7 Å². The summed E-state index contributed by atoms with van der Waals surface area (Å²) in [6.07, 6.45) is 4.55. The summed E-state index contributed by atoms with van der Waals surface area (Å²) in [6, 6.07) is 20.9. The molecule has 3 aliphatic heterocycles. The lowest BCUT2D eigenvalue weighted by molar-refractivity contribution is -0.125. The fourth-order valence-electron chi connectivity index (χ4n) is 5.58. The highest BCUT2D eigenvalue weighted by atomic mass is 16.2. The molecule has 0 aromatic heterocycles. The number of hydrogen-bond donors (Lipinski definition) is 1. The second-order valence-corrected chi connectivity index (χ2v) is 9.35. The van der Waals surface area contributed by atoms with Gasteiger partial charge in [0.1, 0.15) is 5.54 Å². The number of amides is 3. The molecule has 1 spiro atoms. The van der Waals surface area contributed by atoms with E-state index in [4.69, 9.17) is 0 Å². The first-order valence-electron chi connectivity index (χ1n) is 11.8. The number of anilines is 1. The molecule has 3 amide bonds. The minimum atomic E-state index is -0.541. The fraction of sp³-hybridized carbons (Fsp3) is 0.462. The van der Waals surface area contributed by atoms with Crippen LogP contribution >= 0.6 is 0 Å². The average molecular weight is 433 g/mol. The normalized spacial score (nSPS) is 21.1. The van der Waals surface area contributed by atoms with E-state index in [0.29, 0.717) is 38.5 Å². The van der Waals surface area contributed by atoms with Crippen molar-refractivity contribution >= 4 is 17.6 Å². The van der Waals surface area contributed by atoms with Gasteiger partial charge in [0.2, 0.25) is 5.91 Å². The Hall–Kier alpha value is -3.02. The summed E-state index contributed by atoms with van der Waals surface area (Å²) >= 11 is 0. The van der Waals surface area contributed by atoms with E-state index < -0.39 is 5.54 Å². The molecule has 2 aromatic carbocycles. The zero-order chi connectivity index (χ0) is 22.0. The second kappa shape index (κ2) is 8.85. The van der Waals surface area contributed by atoms with Gasteiger partial charge in [0.25, 0.3) is 0 Å². The first-order chi connectivity index (χ1) is 15.7. The Labute approximate surface area is 190 Å². The molecule has 0 aliphatic carbocycles. The third-order valence-electron chi connectivity index (χ3n) is 7.52. The van der Waals surface area contributed by atoms with Crippen molar-refractivity contribution in [2.45, 2.75) is 37.6 Å². The Balaban J connectivity index is 1.17. The highest BCUT2D eigenvalue weighted by molar-refractivity contribution is 5.93. The molecule has 3 aliphatic rings. The van der Waals surface area contributed by atoms with E-state index in [1.165, 1.54) is 5.56 Å². The molecule has 6 heteroatoms. The Morgan fingerprint density at radius 2 is 1.47 bits per heavy atom. The van der Waals surface area contributed by atoms with Crippen molar-refractivity contribution < 1.29 is 9.59 Å². The van der Waals surface area contributed by atoms with Crippen LogP contribution in [0.2, 0.25) is 0 Å². The molecule has 6 nitrogen and oxygen atoms in total. The van der Waals surface area contributed by atoms with E-state index in [-0.39, 0.29) is 11.9 Å². The van der Waals surface area contributed by atoms with Crippen LogP contribution in [0.15, 0.2) is 60.7 Å². The molecule has 0 saturated carbocycles. The zero-order valence-corrected chi connectivity index (χ0v) is 18.6. The van der Waals surface area contributed by atoms with E-state index in [1.807, 2.05) is 28.0 Å². The molecule has 0 atom stereocenters. The number of benzene rings is 2. The predicted octanol–water partition coefficient (Wildman–Crippen LogP) is 3.49. The number of urea groups is 1. The zero-order valence-electron chi connectivity index (χ0n) is 18.6. The van der Waals surface area contributed by atoms with Gasteiger partial charge in [0.15, 0.2) is 0 Å². The van der Waals surface area contributed by atoms with Crippen molar-refractivity contribution in [2.24, 2.45) is 5.92 Å². The van der Waals surface area contributed by atoms with Gasteiger partial charge in [-0.05, 0) is 55.7 Å². The number of hydrogen-bond acceptors (Lipinski definition) is 3. The quantitative estimate of drug-likeness (QED) is 0.808. The number of para-hydroxylation sites is 1. The third-order valence-corrected chi connectivity index (χ3v) is 7.52. The van der Waals surface area contributed by atoms with Crippen LogP contribution in [0.1, 0.15) is 31.2 Å². The number of piperidine rings is 2. The Bertz CT molecular complexity index is 933. The molecule has 0 bridgehead atoms. The fourth-order valence-corrected chi connectivity index (χ4v) is 5.58. The maximum Gasteiger partial charge on any atom is 0.320 e. The summed E-state index contributed by atoms with van der Waals surface area (Å²) in [6.45, 7) is 3.44. The molecule has 3 saturated heterocycles. The maximum atomic E-state index is 13.2. The van der Waals surface area contributed by atoms with Crippen LogP contribution in [0, 0.1) is 5.92 Å². The SMILES string of the molecule is O=C(N1CCC(Cc2ccccc2)CC1)N1CCC2(CC1)C(=O)NCN2c1ccccc1. The van der Waals surface area contributed by atoms with Crippen molar-refractivity contribution in [3.8, 4) is 0 Å². The molecular weight excluding hydrogens is 400 g/mol. The van der Waals surface area contributed by atoms with Crippen LogP contribution in [0.3, 0.4) is 0 Å². The minimum Gasteiger partial charge on any atom is -0.339 e. The number of nitrogens with one attached hydrogen (secondary N) is 1. The van der Waals surface area contributed by atoms with Crippen LogP contribution in [-0.2, 0) is 11.2 Å². The Kier molecular flexibility index (Phi) is 5.77. The number of carbonyl (C=O) groups is 2. The lowest BCUT2D eigenvalue weighted by atomic mass is 9.85. The number of rotatable bonds is 3. The standard InChI is InChI=1S/C26H32N4O2/c31-24-26(30(20-27-24)23-9-5-2-6-10-23)13-17-29(18-14-26)25(32)28-15-11-22(12-16-28)19-21-7-3-1-4-8-21/h1-10,22H,11-20H2,(H,27,31). The van der Waals surface area contributed by atoms with Crippen molar-refractivity contribution in [3.63, 3.8) is 0 Å². The molecule has 0 unspecified atom stereocenters. The highest BCUT2D eigenvalue weighted by Gasteiger charge is 2.51. The summed E-state index contributed by atoms with van der Waals surface area (Å²) in [4.78, 5) is 32.2. The lowest BCUT2D eigenvalue weighted by Gasteiger charge is -2.45. The van der Waals surface area contributed by atoms with Gasteiger partial charge >= 0.3 is 6.03 Å². The topological polar surface area (TPSA) is 55.9 Å². The van der Waals surface area contributed by atoms with Gasteiger partial charge in [0, 0.05) is 31.9 Å². The predicted molar refractivity (Wildman–Crippen MR) is 125 cm³/mol. The molecule has 2 aromatic rings. The average Bonchev–Trinajstić information content (AvgIpc) is 3.16. The van der Waals surface area contributed by atoms with E-state index in [1.54, 1.807) is 0 Å². The van der Waals surface area contributed by atoms with Gasteiger partial charge in [-0.1, -0.05) is 48.5 Å². The first kappa shape index (κ1) is 20.9. The monoisotopic (exact) mass is 432 g/mol. The smallest absolute Gasteiger partial charge is 0.320 e. The van der Waals surface area contributed by atoms with E-state index in [9.17, 15) is 9.59 Å². The van der Waals surface area contributed by atoms with Crippen LogP contribution < -0.4 is 10.2 Å². The van der Waals surface area contributed by atoms with Crippen LogP contribution in [0.5, 0.6) is 0 Å². The van der Waals surface area contributed by atoms with Gasteiger partial charge < -0.3 is 20.0 Å². The second-order valence-electron chi connectivity index (χ2n) is 9.35. The molecule has 168 valence electrons. The van der Waals surface area contributed by atoms with Crippen LogP contribution in [-0.4, -0.2) is 60.1 Å². The van der Waals surface area contributed by atoms with E-state index in [0.717, 1.165) is 38.0 Å². The van der Waals surface area contributed by atoms with Gasteiger partial charge in [-0.2, -0.15) is 0 Å². The Morgan fingerprint density at radius 3 is 2.12 bits per heavy atom. The summed E-state index contributed by atoms with van der Waals surface area (Å²) in [5, 5.41) is 3.03. The molecule has 0 radical (unpaired) electrons.